The van der Waals surface area contributed by atoms with E-state index >= 15 is 0 Å². The van der Waals surface area contributed by atoms with Crippen LogP contribution in [0.25, 0.3) is 0 Å². The van der Waals surface area contributed by atoms with E-state index in [-0.39, 0.29) is 11.9 Å². The molecule has 1 N–H and O–H groups in total. The average molecular weight is 352 g/mol. The maximum Gasteiger partial charge on any atom is 0.129 e. The SMILES string of the molecule is COCCc1ccccc1NC(C)c1ccc(Br)cc1F. The molecule has 1 unspecified atom stereocenters. The van der Waals surface area contributed by atoms with E-state index in [4.69, 9.17) is 4.74 Å². The first-order valence-corrected chi connectivity index (χ1v) is 7.69. The molecule has 0 amide bonds. The summed E-state index contributed by atoms with van der Waals surface area (Å²) in [5.41, 5.74) is 2.84. The maximum absolute atomic E-state index is 14.0. The Morgan fingerprint density at radius 3 is 2.71 bits per heavy atom. The molecule has 2 aromatic rings. The van der Waals surface area contributed by atoms with Gasteiger partial charge in [-0.1, -0.05) is 40.2 Å². The molecule has 0 heterocycles. The van der Waals surface area contributed by atoms with E-state index in [9.17, 15) is 4.39 Å². The van der Waals surface area contributed by atoms with Gasteiger partial charge in [-0.05, 0) is 37.1 Å². The number of ether oxygens (including phenoxy) is 1. The largest absolute Gasteiger partial charge is 0.384 e. The second-order valence-electron chi connectivity index (χ2n) is 4.93. The van der Waals surface area contributed by atoms with Crippen LogP contribution in [0.5, 0.6) is 0 Å². The van der Waals surface area contributed by atoms with Crippen LogP contribution in [-0.4, -0.2) is 13.7 Å². The Morgan fingerprint density at radius 2 is 2.00 bits per heavy atom. The quantitative estimate of drug-likeness (QED) is 0.794. The Balaban J connectivity index is 2.17. The van der Waals surface area contributed by atoms with Crippen LogP contribution in [0.1, 0.15) is 24.1 Å². The number of rotatable bonds is 6. The molecule has 21 heavy (non-hydrogen) atoms. The van der Waals surface area contributed by atoms with Crippen molar-refractivity contribution in [1.82, 2.24) is 0 Å². The van der Waals surface area contributed by atoms with E-state index in [0.29, 0.717) is 12.2 Å². The van der Waals surface area contributed by atoms with E-state index in [2.05, 4.69) is 27.3 Å². The summed E-state index contributed by atoms with van der Waals surface area (Å²) in [7, 11) is 1.69. The van der Waals surface area contributed by atoms with Crippen molar-refractivity contribution in [1.29, 1.82) is 0 Å². The highest BCUT2D eigenvalue weighted by atomic mass is 79.9. The molecule has 1 atom stereocenters. The van der Waals surface area contributed by atoms with E-state index in [1.54, 1.807) is 13.2 Å². The van der Waals surface area contributed by atoms with Crippen molar-refractivity contribution in [3.05, 3.63) is 63.9 Å². The summed E-state index contributed by atoms with van der Waals surface area (Å²) < 4.78 is 19.9. The molecule has 0 aromatic heterocycles. The van der Waals surface area contributed by atoms with Crippen molar-refractivity contribution in [2.45, 2.75) is 19.4 Å². The van der Waals surface area contributed by atoms with Gasteiger partial charge in [-0.25, -0.2) is 4.39 Å². The van der Waals surface area contributed by atoms with E-state index in [1.165, 1.54) is 11.6 Å². The van der Waals surface area contributed by atoms with Crippen LogP contribution in [-0.2, 0) is 11.2 Å². The number of benzene rings is 2. The molecule has 0 saturated heterocycles. The normalized spacial score (nSPS) is 12.2. The number of halogens is 2. The van der Waals surface area contributed by atoms with Gasteiger partial charge in [0.2, 0.25) is 0 Å². The molecule has 0 fully saturated rings. The summed E-state index contributed by atoms with van der Waals surface area (Å²) >= 11 is 3.28. The third-order valence-corrected chi connectivity index (χ3v) is 3.89. The Hall–Kier alpha value is -1.39. The zero-order chi connectivity index (χ0) is 15.2. The zero-order valence-electron chi connectivity index (χ0n) is 12.2. The first kappa shape index (κ1) is 16.0. The van der Waals surface area contributed by atoms with Gasteiger partial charge < -0.3 is 10.1 Å². The Morgan fingerprint density at radius 1 is 1.24 bits per heavy atom. The zero-order valence-corrected chi connectivity index (χ0v) is 13.8. The van der Waals surface area contributed by atoms with Crippen LogP contribution in [0.3, 0.4) is 0 Å². The van der Waals surface area contributed by atoms with Crippen LogP contribution in [0.2, 0.25) is 0 Å². The van der Waals surface area contributed by atoms with E-state index in [0.717, 1.165) is 16.6 Å². The molecule has 0 bridgehead atoms. The predicted molar refractivity (Wildman–Crippen MR) is 88.2 cm³/mol. The number of anilines is 1. The molecule has 2 rings (SSSR count). The van der Waals surface area contributed by atoms with Crippen molar-refractivity contribution in [2.24, 2.45) is 0 Å². The number of methoxy groups -OCH3 is 1. The number of nitrogens with one attached hydrogen (secondary N) is 1. The fourth-order valence-electron chi connectivity index (χ4n) is 2.25. The van der Waals surface area contributed by atoms with Crippen molar-refractivity contribution >= 4 is 21.6 Å². The topological polar surface area (TPSA) is 21.3 Å². The highest BCUT2D eigenvalue weighted by Crippen LogP contribution is 2.26. The molecule has 0 aliphatic carbocycles. The lowest BCUT2D eigenvalue weighted by atomic mass is 10.1. The lowest BCUT2D eigenvalue weighted by molar-refractivity contribution is 0.202. The maximum atomic E-state index is 14.0. The molecule has 4 heteroatoms. The van der Waals surface area contributed by atoms with Crippen molar-refractivity contribution < 1.29 is 9.13 Å². The van der Waals surface area contributed by atoms with Crippen molar-refractivity contribution in [2.75, 3.05) is 19.0 Å². The van der Waals surface area contributed by atoms with Gasteiger partial charge in [0.25, 0.3) is 0 Å². The molecule has 0 saturated carbocycles. The highest BCUT2D eigenvalue weighted by molar-refractivity contribution is 9.10. The van der Waals surface area contributed by atoms with Gasteiger partial charge >= 0.3 is 0 Å². The first-order valence-electron chi connectivity index (χ1n) is 6.90. The van der Waals surface area contributed by atoms with Crippen LogP contribution in [0.15, 0.2) is 46.9 Å². The summed E-state index contributed by atoms with van der Waals surface area (Å²) in [6, 6.07) is 13.1. The number of hydrogen-bond donors (Lipinski definition) is 1. The predicted octanol–water partition coefficient (Wildman–Crippen LogP) is 4.95. The van der Waals surface area contributed by atoms with Gasteiger partial charge in [0, 0.05) is 22.8 Å². The molecule has 0 radical (unpaired) electrons. The van der Waals surface area contributed by atoms with Crippen LogP contribution < -0.4 is 5.32 Å². The third kappa shape index (κ3) is 4.29. The summed E-state index contributed by atoms with van der Waals surface area (Å²) in [6.45, 7) is 2.62. The third-order valence-electron chi connectivity index (χ3n) is 3.39. The lowest BCUT2D eigenvalue weighted by Crippen LogP contribution is -2.10. The fourth-order valence-corrected chi connectivity index (χ4v) is 2.59. The van der Waals surface area contributed by atoms with Crippen LogP contribution in [0, 0.1) is 5.82 Å². The Bertz CT molecular complexity index is 603. The molecule has 0 aliphatic heterocycles. The van der Waals surface area contributed by atoms with Gasteiger partial charge in [0.1, 0.15) is 5.82 Å². The standard InChI is InChI=1S/C17H19BrFNO/c1-12(15-8-7-14(18)11-16(15)19)20-17-6-4-3-5-13(17)9-10-21-2/h3-8,11-12,20H,9-10H2,1-2H3. The lowest BCUT2D eigenvalue weighted by Gasteiger charge is -2.19. The minimum Gasteiger partial charge on any atom is -0.384 e. The second-order valence-corrected chi connectivity index (χ2v) is 5.85. The Labute approximate surface area is 133 Å². The minimum atomic E-state index is -0.209. The first-order chi connectivity index (χ1) is 10.1. The number of hydrogen-bond acceptors (Lipinski definition) is 2. The average Bonchev–Trinajstić information content (AvgIpc) is 2.46. The second kappa shape index (κ2) is 7.57. The summed E-state index contributed by atoms with van der Waals surface area (Å²) in [6.07, 6.45) is 0.829. The fraction of sp³-hybridized carbons (Fsp3) is 0.294. The Kier molecular flexibility index (Phi) is 5.76. The van der Waals surface area contributed by atoms with E-state index < -0.39 is 0 Å². The monoisotopic (exact) mass is 351 g/mol. The molecule has 0 aliphatic rings. The highest BCUT2D eigenvalue weighted by Gasteiger charge is 2.12. The van der Waals surface area contributed by atoms with Crippen molar-refractivity contribution in [3.8, 4) is 0 Å². The van der Waals surface area contributed by atoms with Gasteiger partial charge in [0.15, 0.2) is 0 Å². The number of para-hydroxylation sites is 1. The van der Waals surface area contributed by atoms with Gasteiger partial charge in [0.05, 0.1) is 12.6 Å². The molecular weight excluding hydrogens is 333 g/mol. The summed E-state index contributed by atoms with van der Waals surface area (Å²) in [5.74, 6) is -0.209. The molecular formula is C17H19BrFNO. The van der Waals surface area contributed by atoms with Crippen molar-refractivity contribution in [3.63, 3.8) is 0 Å². The molecule has 2 aromatic carbocycles. The molecule has 0 spiro atoms. The van der Waals surface area contributed by atoms with Crippen LogP contribution in [0.4, 0.5) is 10.1 Å². The summed E-state index contributed by atoms with van der Waals surface area (Å²) in [4.78, 5) is 0. The van der Waals surface area contributed by atoms with E-state index in [1.807, 2.05) is 31.2 Å². The van der Waals surface area contributed by atoms with Crippen LogP contribution >= 0.6 is 15.9 Å². The molecule has 112 valence electrons. The smallest absolute Gasteiger partial charge is 0.129 e. The van der Waals surface area contributed by atoms with Gasteiger partial charge in [-0.2, -0.15) is 0 Å². The summed E-state index contributed by atoms with van der Waals surface area (Å²) in [5, 5.41) is 3.39. The van der Waals surface area contributed by atoms with Gasteiger partial charge in [-0.15, -0.1) is 0 Å². The minimum absolute atomic E-state index is 0.109. The van der Waals surface area contributed by atoms with Gasteiger partial charge in [-0.3, -0.25) is 0 Å². The molecule has 2 nitrogen and oxygen atoms in total.